The van der Waals surface area contributed by atoms with Crippen LogP contribution in [-0.2, 0) is 25.6 Å². The Morgan fingerprint density at radius 1 is 1.27 bits per heavy atom. The fourth-order valence-corrected chi connectivity index (χ4v) is 3.44. The normalized spacial score (nSPS) is 16.5. The van der Waals surface area contributed by atoms with E-state index in [0.29, 0.717) is 45.1 Å². The number of nitrogens with zero attached hydrogens (tertiary/aromatic N) is 2. The Morgan fingerprint density at radius 3 is 2.48 bits per heavy atom. The quantitative estimate of drug-likeness (QED) is 0.131. The Morgan fingerprint density at radius 2 is 1.91 bits per heavy atom. The van der Waals surface area contributed by atoms with E-state index in [4.69, 9.17) is 27.1 Å². The zero-order valence-electron chi connectivity index (χ0n) is 18.9. The van der Waals surface area contributed by atoms with Crippen LogP contribution in [0, 0.1) is 0 Å². The van der Waals surface area contributed by atoms with Crippen LogP contribution in [0.1, 0.15) is 38.2 Å². The summed E-state index contributed by atoms with van der Waals surface area (Å²) in [6, 6.07) is 7.55. The third-order valence-electron chi connectivity index (χ3n) is 4.91. The number of carboxylic acids is 1. The van der Waals surface area contributed by atoms with Crippen molar-refractivity contribution in [2.45, 2.75) is 57.2 Å². The lowest BCUT2D eigenvalue weighted by Gasteiger charge is -2.27. The number of carbonyl (C=O) groups is 4. The molecule has 1 saturated heterocycles. The van der Waals surface area contributed by atoms with Crippen molar-refractivity contribution in [2.75, 3.05) is 13.1 Å². The first-order chi connectivity index (χ1) is 15.6. The number of benzene rings is 1. The summed E-state index contributed by atoms with van der Waals surface area (Å²) in [5, 5.41) is 10.1. The summed E-state index contributed by atoms with van der Waals surface area (Å²) in [4.78, 5) is 51.2. The summed E-state index contributed by atoms with van der Waals surface area (Å²) in [5.41, 5.74) is 17.6. The van der Waals surface area contributed by atoms with Gasteiger partial charge in [-0.3, -0.25) is 19.4 Å². The molecule has 0 aliphatic carbocycles. The van der Waals surface area contributed by atoms with E-state index in [9.17, 15) is 14.4 Å². The van der Waals surface area contributed by atoms with Crippen molar-refractivity contribution in [1.29, 1.82) is 0 Å². The molecule has 0 saturated carbocycles. The number of likely N-dealkylation sites (tertiary alicyclic amines) is 1. The summed E-state index contributed by atoms with van der Waals surface area (Å²) in [6.07, 6.45) is 3.34. The van der Waals surface area contributed by atoms with E-state index in [1.807, 2.05) is 30.3 Å². The minimum atomic E-state index is -0.833. The van der Waals surface area contributed by atoms with Crippen LogP contribution in [0.2, 0.25) is 0 Å². The van der Waals surface area contributed by atoms with Gasteiger partial charge in [-0.2, -0.15) is 0 Å². The van der Waals surface area contributed by atoms with Crippen LogP contribution in [-0.4, -0.2) is 71.3 Å². The van der Waals surface area contributed by atoms with Gasteiger partial charge in [0.15, 0.2) is 5.96 Å². The molecule has 1 aliphatic heterocycles. The fraction of sp³-hybridized carbons (Fsp3) is 0.500. The van der Waals surface area contributed by atoms with Crippen LogP contribution < -0.4 is 22.5 Å². The molecule has 1 aliphatic rings. The van der Waals surface area contributed by atoms with Crippen molar-refractivity contribution in [3.63, 3.8) is 0 Å². The number of carboxylic acid groups (broad SMARTS) is 1. The molecule has 0 aromatic heterocycles. The molecule has 1 fully saturated rings. The molecule has 3 atom stereocenters. The highest BCUT2D eigenvalue weighted by molar-refractivity contribution is 5.91. The maximum atomic E-state index is 12.8. The Balaban J connectivity index is 0.00000125. The van der Waals surface area contributed by atoms with Crippen LogP contribution in [0.15, 0.2) is 35.3 Å². The van der Waals surface area contributed by atoms with E-state index in [2.05, 4.69) is 10.3 Å². The van der Waals surface area contributed by atoms with E-state index >= 15 is 0 Å². The van der Waals surface area contributed by atoms with Crippen molar-refractivity contribution in [1.82, 2.24) is 10.2 Å². The molecule has 33 heavy (non-hydrogen) atoms. The van der Waals surface area contributed by atoms with Gasteiger partial charge in [0.05, 0.1) is 12.1 Å². The number of aliphatic imine (C=N–C) groups is 1. The van der Waals surface area contributed by atoms with E-state index < -0.39 is 24.1 Å². The van der Waals surface area contributed by atoms with Crippen LogP contribution >= 0.6 is 0 Å². The average Bonchev–Trinajstić information content (AvgIpc) is 3.25. The van der Waals surface area contributed by atoms with Gasteiger partial charge >= 0.3 is 0 Å². The fourth-order valence-electron chi connectivity index (χ4n) is 3.44. The number of aldehydes is 1. The predicted octanol–water partition coefficient (Wildman–Crippen LogP) is -0.624. The number of aliphatic carboxylic acids is 1. The topological polar surface area (TPSA) is 194 Å². The molecule has 0 unspecified atom stereocenters. The molecule has 8 N–H and O–H groups in total. The molecule has 1 aromatic carbocycles. The Kier molecular flexibility index (Phi) is 12.2. The number of rotatable bonds is 10. The van der Waals surface area contributed by atoms with Gasteiger partial charge in [0, 0.05) is 20.0 Å². The zero-order chi connectivity index (χ0) is 24.8. The molecular formula is C22H34N6O5. The molecule has 11 heteroatoms. The lowest BCUT2D eigenvalue weighted by molar-refractivity contribution is -0.139. The first kappa shape index (κ1) is 27.6. The first-order valence-electron chi connectivity index (χ1n) is 10.8. The number of hydrogen-bond acceptors (Lipinski definition) is 6. The number of carbonyl (C=O) groups excluding carboxylic acids is 3. The highest BCUT2D eigenvalue weighted by atomic mass is 16.4. The van der Waals surface area contributed by atoms with Crippen molar-refractivity contribution in [2.24, 2.45) is 22.2 Å². The van der Waals surface area contributed by atoms with E-state index in [0.717, 1.165) is 18.9 Å². The second kappa shape index (κ2) is 14.6. The Hall–Kier alpha value is -3.47. The summed E-state index contributed by atoms with van der Waals surface area (Å²) in [7, 11) is 0. The summed E-state index contributed by atoms with van der Waals surface area (Å²) in [5.74, 6) is -1.42. The highest BCUT2D eigenvalue weighted by Gasteiger charge is 2.36. The van der Waals surface area contributed by atoms with Crippen LogP contribution in [0.3, 0.4) is 0 Å². The van der Waals surface area contributed by atoms with Crippen molar-refractivity contribution >= 4 is 30.0 Å². The summed E-state index contributed by atoms with van der Waals surface area (Å²) in [6.45, 7) is 1.95. The minimum absolute atomic E-state index is 0.0105. The van der Waals surface area contributed by atoms with Gasteiger partial charge in [-0.25, -0.2) is 0 Å². The van der Waals surface area contributed by atoms with Gasteiger partial charge in [0.25, 0.3) is 5.97 Å². The summed E-state index contributed by atoms with van der Waals surface area (Å²) >= 11 is 0. The monoisotopic (exact) mass is 462 g/mol. The molecule has 1 aromatic rings. The maximum absolute atomic E-state index is 12.8. The van der Waals surface area contributed by atoms with E-state index in [-0.39, 0.29) is 17.8 Å². The van der Waals surface area contributed by atoms with Crippen LogP contribution in [0.25, 0.3) is 0 Å². The molecule has 182 valence electrons. The molecule has 0 bridgehead atoms. The number of guanidine groups is 1. The zero-order valence-corrected chi connectivity index (χ0v) is 18.9. The molecule has 11 nitrogen and oxygen atoms in total. The largest absolute Gasteiger partial charge is 0.481 e. The third-order valence-corrected chi connectivity index (χ3v) is 4.91. The van der Waals surface area contributed by atoms with Gasteiger partial charge in [-0.1, -0.05) is 30.3 Å². The molecule has 2 rings (SSSR count). The predicted molar refractivity (Wildman–Crippen MR) is 124 cm³/mol. The van der Waals surface area contributed by atoms with Gasteiger partial charge in [0.2, 0.25) is 11.8 Å². The number of nitrogens with two attached hydrogens (primary N) is 3. The number of nitrogens with one attached hydrogen (secondary N) is 1. The molecule has 1 heterocycles. The SMILES string of the molecule is CC(=O)O.NC(N)=NCCC[C@@H](C=O)NC(=O)[C@@H]1CCCN1C(=O)[C@H](N)Cc1ccccc1. The van der Waals surface area contributed by atoms with Gasteiger partial charge < -0.3 is 37.3 Å². The van der Waals surface area contributed by atoms with Crippen LogP contribution in [0.5, 0.6) is 0 Å². The minimum Gasteiger partial charge on any atom is -0.481 e. The molecular weight excluding hydrogens is 428 g/mol. The Bertz CT molecular complexity index is 809. The van der Waals surface area contributed by atoms with Crippen molar-refractivity contribution in [3.05, 3.63) is 35.9 Å². The van der Waals surface area contributed by atoms with Crippen molar-refractivity contribution < 1.29 is 24.3 Å². The second-order valence-electron chi connectivity index (χ2n) is 7.70. The lowest BCUT2D eigenvalue weighted by Crippen LogP contribution is -2.53. The highest BCUT2D eigenvalue weighted by Crippen LogP contribution is 2.19. The van der Waals surface area contributed by atoms with Crippen molar-refractivity contribution in [3.8, 4) is 0 Å². The van der Waals surface area contributed by atoms with Crippen LogP contribution in [0.4, 0.5) is 0 Å². The van der Waals surface area contributed by atoms with E-state index in [1.165, 1.54) is 4.90 Å². The number of hydrogen-bond donors (Lipinski definition) is 5. The first-order valence-corrected chi connectivity index (χ1v) is 10.8. The molecule has 2 amide bonds. The molecule has 0 radical (unpaired) electrons. The van der Waals surface area contributed by atoms with Gasteiger partial charge in [0.1, 0.15) is 12.3 Å². The summed E-state index contributed by atoms with van der Waals surface area (Å²) < 4.78 is 0. The number of amides is 2. The third kappa shape index (κ3) is 10.6. The van der Waals surface area contributed by atoms with Gasteiger partial charge in [-0.05, 0) is 37.7 Å². The smallest absolute Gasteiger partial charge is 0.300 e. The maximum Gasteiger partial charge on any atom is 0.300 e. The van der Waals surface area contributed by atoms with E-state index in [1.54, 1.807) is 0 Å². The Labute approximate surface area is 193 Å². The average molecular weight is 463 g/mol. The second-order valence-corrected chi connectivity index (χ2v) is 7.70. The molecule has 0 spiro atoms. The standard InChI is InChI=1S/C20H30N6O3.C2H4O2/c21-16(12-14-6-2-1-3-7-14)19(29)26-11-5-9-17(26)18(28)25-15(13-27)8-4-10-24-20(22)23;1-2(3)4/h1-3,6-7,13,15-17H,4-5,8-12,21H2,(H,25,28)(H4,22,23,24);1H3,(H,3,4)/t15-,16+,17-;/m0./s1. The van der Waals surface area contributed by atoms with Gasteiger partial charge in [-0.15, -0.1) is 0 Å². The lowest BCUT2D eigenvalue weighted by atomic mass is 10.0.